The molecule has 1 saturated heterocycles. The average Bonchev–Trinajstić information content (AvgIpc) is 2.80. The summed E-state index contributed by atoms with van der Waals surface area (Å²) in [5.74, 6) is 0.433. The number of alkyl carbamates (subject to hydrolysis) is 1. The molecule has 1 aliphatic rings. The number of methoxy groups -OCH3 is 1. The molecule has 2 amide bonds. The molecule has 0 aromatic heterocycles. The fourth-order valence-electron chi connectivity index (χ4n) is 3.11. The highest BCUT2D eigenvalue weighted by Gasteiger charge is 2.34. The second-order valence-corrected chi connectivity index (χ2v) is 6.57. The van der Waals surface area contributed by atoms with E-state index >= 15 is 0 Å². The van der Waals surface area contributed by atoms with Gasteiger partial charge in [-0.2, -0.15) is 0 Å². The van der Waals surface area contributed by atoms with E-state index in [1.807, 2.05) is 11.0 Å². The predicted octanol–water partition coefficient (Wildman–Crippen LogP) is 2.92. The number of nitrogens with one attached hydrogen (secondary N) is 1. The van der Waals surface area contributed by atoms with Gasteiger partial charge in [0.1, 0.15) is 5.54 Å². The molecule has 1 fully saturated rings. The molecule has 1 N–H and O–H groups in total. The second kappa shape index (κ2) is 7.49. The van der Waals surface area contributed by atoms with E-state index < -0.39 is 11.6 Å². The average molecular weight is 318 g/mol. The summed E-state index contributed by atoms with van der Waals surface area (Å²) >= 11 is 0. The maximum atomic E-state index is 12.7. The lowest BCUT2D eigenvalue weighted by Gasteiger charge is -2.31. The highest BCUT2D eigenvalue weighted by molar-refractivity contribution is 5.89. The van der Waals surface area contributed by atoms with Gasteiger partial charge < -0.3 is 15.0 Å². The van der Waals surface area contributed by atoms with E-state index in [1.165, 1.54) is 12.7 Å². The van der Waals surface area contributed by atoms with Crippen LogP contribution in [0.3, 0.4) is 0 Å². The van der Waals surface area contributed by atoms with Crippen LogP contribution in [0.5, 0.6) is 0 Å². The van der Waals surface area contributed by atoms with Crippen molar-refractivity contribution in [3.63, 3.8) is 0 Å². The Labute approximate surface area is 138 Å². The Kier molecular flexibility index (Phi) is 5.64. The number of likely N-dealkylation sites (tertiary alicyclic amines) is 1. The number of benzene rings is 1. The molecule has 2 rings (SSSR count). The molecule has 126 valence electrons. The zero-order chi connectivity index (χ0) is 16.9. The smallest absolute Gasteiger partial charge is 0.407 e. The van der Waals surface area contributed by atoms with Gasteiger partial charge in [-0.1, -0.05) is 30.3 Å². The van der Waals surface area contributed by atoms with Crippen LogP contribution in [0.4, 0.5) is 4.79 Å². The number of rotatable bonds is 3. The van der Waals surface area contributed by atoms with E-state index in [-0.39, 0.29) is 5.91 Å². The minimum absolute atomic E-state index is 0.0587. The van der Waals surface area contributed by atoms with E-state index in [0.717, 1.165) is 25.8 Å². The Morgan fingerprint density at radius 3 is 2.52 bits per heavy atom. The molecule has 1 unspecified atom stereocenters. The Morgan fingerprint density at radius 1 is 1.17 bits per heavy atom. The van der Waals surface area contributed by atoms with Gasteiger partial charge >= 0.3 is 6.09 Å². The Hall–Kier alpha value is -2.04. The third-order valence-electron chi connectivity index (χ3n) is 4.42. The molecule has 0 aliphatic carbocycles. The molecular weight excluding hydrogens is 292 g/mol. The number of hydrogen-bond donors (Lipinski definition) is 1. The first-order valence-electron chi connectivity index (χ1n) is 8.14. The van der Waals surface area contributed by atoms with E-state index in [0.29, 0.717) is 12.5 Å². The minimum atomic E-state index is -0.959. The zero-order valence-electron chi connectivity index (χ0n) is 14.2. The topological polar surface area (TPSA) is 58.6 Å². The van der Waals surface area contributed by atoms with Gasteiger partial charge in [-0.15, -0.1) is 0 Å². The van der Waals surface area contributed by atoms with Crippen LogP contribution in [0.2, 0.25) is 0 Å². The molecule has 0 radical (unpaired) electrons. The van der Waals surface area contributed by atoms with Crippen LogP contribution in [0, 0.1) is 0 Å². The van der Waals surface area contributed by atoms with Crippen molar-refractivity contribution in [3.8, 4) is 0 Å². The second-order valence-electron chi connectivity index (χ2n) is 6.57. The SMILES string of the molecule is COC(=O)NC(C)(C)C(=O)N1CCCC(c2ccccc2)CC1. The molecule has 0 saturated carbocycles. The van der Waals surface area contributed by atoms with Gasteiger partial charge in [-0.3, -0.25) is 4.79 Å². The molecule has 1 heterocycles. The summed E-state index contributed by atoms with van der Waals surface area (Å²) in [6, 6.07) is 10.5. The van der Waals surface area contributed by atoms with Crippen molar-refractivity contribution in [1.29, 1.82) is 0 Å². The Balaban J connectivity index is 1.99. The molecule has 1 aromatic carbocycles. The quantitative estimate of drug-likeness (QED) is 0.932. The van der Waals surface area contributed by atoms with E-state index in [2.05, 4.69) is 34.3 Å². The summed E-state index contributed by atoms with van der Waals surface area (Å²) in [7, 11) is 1.30. The van der Waals surface area contributed by atoms with Crippen molar-refractivity contribution in [1.82, 2.24) is 10.2 Å². The van der Waals surface area contributed by atoms with E-state index in [1.54, 1.807) is 13.8 Å². The third kappa shape index (κ3) is 4.47. The number of carbonyl (C=O) groups is 2. The highest BCUT2D eigenvalue weighted by atomic mass is 16.5. The summed E-state index contributed by atoms with van der Waals surface area (Å²) in [5.41, 5.74) is 0.383. The molecule has 1 aromatic rings. The summed E-state index contributed by atoms with van der Waals surface area (Å²) < 4.78 is 4.60. The first kappa shape index (κ1) is 17.3. The van der Waals surface area contributed by atoms with Gasteiger partial charge in [0.05, 0.1) is 7.11 Å². The first-order chi connectivity index (χ1) is 10.9. The lowest BCUT2D eigenvalue weighted by Crippen LogP contribution is -2.56. The zero-order valence-corrected chi connectivity index (χ0v) is 14.2. The van der Waals surface area contributed by atoms with Crippen molar-refractivity contribution in [2.45, 2.75) is 44.6 Å². The lowest BCUT2D eigenvalue weighted by atomic mass is 9.92. The van der Waals surface area contributed by atoms with Crippen molar-refractivity contribution in [2.75, 3.05) is 20.2 Å². The third-order valence-corrected chi connectivity index (χ3v) is 4.42. The lowest BCUT2D eigenvalue weighted by molar-refractivity contribution is -0.136. The molecular formula is C18H26N2O3. The van der Waals surface area contributed by atoms with Crippen LogP contribution >= 0.6 is 0 Å². The van der Waals surface area contributed by atoms with Gasteiger partial charge in [-0.25, -0.2) is 4.79 Å². The predicted molar refractivity (Wildman–Crippen MR) is 89.2 cm³/mol. The maximum absolute atomic E-state index is 12.7. The van der Waals surface area contributed by atoms with Crippen LogP contribution in [0.25, 0.3) is 0 Å². The normalized spacial score (nSPS) is 18.9. The summed E-state index contributed by atoms with van der Waals surface area (Å²) in [6.45, 7) is 4.87. The summed E-state index contributed by atoms with van der Waals surface area (Å²) in [4.78, 5) is 26.0. The molecule has 0 bridgehead atoms. The Bertz CT molecular complexity index is 542. The van der Waals surface area contributed by atoms with Crippen LogP contribution in [0.15, 0.2) is 30.3 Å². The monoisotopic (exact) mass is 318 g/mol. The summed E-state index contributed by atoms with van der Waals surface area (Å²) in [6.07, 6.45) is 2.42. The number of carbonyl (C=O) groups excluding carboxylic acids is 2. The molecule has 1 aliphatic heterocycles. The van der Waals surface area contributed by atoms with Crippen LogP contribution < -0.4 is 5.32 Å². The van der Waals surface area contributed by atoms with E-state index in [9.17, 15) is 9.59 Å². The molecule has 1 atom stereocenters. The van der Waals surface area contributed by atoms with Crippen molar-refractivity contribution >= 4 is 12.0 Å². The molecule has 0 spiro atoms. The van der Waals surface area contributed by atoms with Crippen LogP contribution in [0.1, 0.15) is 44.6 Å². The van der Waals surface area contributed by atoms with Gasteiger partial charge in [-0.05, 0) is 44.6 Å². The number of nitrogens with zero attached hydrogens (tertiary/aromatic N) is 1. The minimum Gasteiger partial charge on any atom is -0.453 e. The van der Waals surface area contributed by atoms with Crippen LogP contribution in [-0.2, 0) is 9.53 Å². The highest BCUT2D eigenvalue weighted by Crippen LogP contribution is 2.28. The van der Waals surface area contributed by atoms with Gasteiger partial charge in [0.15, 0.2) is 0 Å². The maximum Gasteiger partial charge on any atom is 0.407 e. The molecule has 23 heavy (non-hydrogen) atoms. The first-order valence-corrected chi connectivity index (χ1v) is 8.14. The van der Waals surface area contributed by atoms with Gasteiger partial charge in [0, 0.05) is 13.1 Å². The van der Waals surface area contributed by atoms with Gasteiger partial charge in [0.2, 0.25) is 5.91 Å². The van der Waals surface area contributed by atoms with Gasteiger partial charge in [0.25, 0.3) is 0 Å². The number of hydrogen-bond acceptors (Lipinski definition) is 3. The standard InChI is InChI=1S/C18H26N2O3/c1-18(2,19-17(22)23-3)16(21)20-12-7-10-15(11-13-20)14-8-5-4-6-9-14/h4-6,8-9,15H,7,10-13H2,1-3H3,(H,19,22). The fourth-order valence-corrected chi connectivity index (χ4v) is 3.11. The van der Waals surface area contributed by atoms with Crippen molar-refractivity contribution in [2.24, 2.45) is 0 Å². The fraction of sp³-hybridized carbons (Fsp3) is 0.556. The summed E-state index contributed by atoms with van der Waals surface area (Å²) in [5, 5.41) is 2.61. The molecule has 5 nitrogen and oxygen atoms in total. The molecule has 5 heteroatoms. The van der Waals surface area contributed by atoms with E-state index in [4.69, 9.17) is 0 Å². The number of amides is 2. The van der Waals surface area contributed by atoms with Crippen molar-refractivity contribution < 1.29 is 14.3 Å². The Morgan fingerprint density at radius 2 is 1.87 bits per heavy atom. The van der Waals surface area contributed by atoms with Crippen LogP contribution in [-0.4, -0.2) is 42.6 Å². The van der Waals surface area contributed by atoms with Crippen molar-refractivity contribution in [3.05, 3.63) is 35.9 Å². The number of ether oxygens (including phenoxy) is 1. The largest absolute Gasteiger partial charge is 0.453 e.